The predicted octanol–water partition coefficient (Wildman–Crippen LogP) is 4.18. The Hall–Kier alpha value is -0.970. The van der Waals surface area contributed by atoms with Gasteiger partial charge in [-0.05, 0) is 19.3 Å². The van der Waals surface area contributed by atoms with E-state index >= 15 is 0 Å². The highest BCUT2D eigenvalue weighted by Crippen LogP contribution is 2.06. The summed E-state index contributed by atoms with van der Waals surface area (Å²) >= 11 is 0. The van der Waals surface area contributed by atoms with Gasteiger partial charge in [0, 0.05) is 19.3 Å². The monoisotopic (exact) mass is 251 g/mol. The summed E-state index contributed by atoms with van der Waals surface area (Å²) in [6, 6.07) is 0. The van der Waals surface area contributed by atoms with Crippen molar-refractivity contribution in [1.82, 2.24) is 0 Å². The average molecular weight is 251 g/mol. The van der Waals surface area contributed by atoms with Crippen LogP contribution in [0.5, 0.6) is 0 Å². The summed E-state index contributed by atoms with van der Waals surface area (Å²) in [5.74, 6) is 6.25. The smallest absolute Gasteiger partial charge is 0.217 e. The van der Waals surface area contributed by atoms with E-state index in [9.17, 15) is 4.79 Å². The van der Waals surface area contributed by atoms with Crippen LogP contribution in [0.1, 0.15) is 84.0 Å². The van der Waals surface area contributed by atoms with Crippen molar-refractivity contribution in [2.45, 2.75) is 84.0 Å². The van der Waals surface area contributed by atoms with Crippen molar-refractivity contribution in [2.75, 3.05) is 0 Å². The van der Waals surface area contributed by atoms with Crippen molar-refractivity contribution < 1.29 is 4.79 Å². The number of rotatable bonds is 11. The normalized spacial score (nSPS) is 9.83. The molecule has 0 aliphatic heterocycles. The number of hydrogen-bond donors (Lipinski definition) is 1. The van der Waals surface area contributed by atoms with Crippen LogP contribution in [0.3, 0.4) is 0 Å². The topological polar surface area (TPSA) is 43.1 Å². The summed E-state index contributed by atoms with van der Waals surface area (Å²) in [4.78, 5) is 10.5. The zero-order valence-corrected chi connectivity index (χ0v) is 12.0. The molecule has 0 fully saturated rings. The largest absolute Gasteiger partial charge is 0.370 e. The van der Waals surface area contributed by atoms with E-state index < -0.39 is 0 Å². The van der Waals surface area contributed by atoms with Crippen LogP contribution in [0.4, 0.5) is 0 Å². The van der Waals surface area contributed by atoms with Crippen LogP contribution in [0.25, 0.3) is 0 Å². The molecule has 0 heterocycles. The maximum atomic E-state index is 10.5. The zero-order valence-electron chi connectivity index (χ0n) is 12.0. The third-order valence-corrected chi connectivity index (χ3v) is 3.01. The van der Waals surface area contributed by atoms with Crippen molar-refractivity contribution >= 4 is 5.91 Å². The quantitative estimate of drug-likeness (QED) is 0.434. The summed E-state index contributed by atoms with van der Waals surface area (Å²) < 4.78 is 0. The highest BCUT2D eigenvalue weighted by molar-refractivity contribution is 5.73. The standard InChI is InChI=1S/C16H29NO/c1-2-3-4-5-6-7-8-9-10-11-12-13-14-15-16(17)18/h2-8,11-15H2,1H3,(H2,17,18). The molecule has 2 heteroatoms. The van der Waals surface area contributed by atoms with Crippen molar-refractivity contribution in [3.63, 3.8) is 0 Å². The van der Waals surface area contributed by atoms with Gasteiger partial charge in [-0.1, -0.05) is 45.4 Å². The van der Waals surface area contributed by atoms with Crippen LogP contribution in [-0.4, -0.2) is 5.91 Å². The van der Waals surface area contributed by atoms with Gasteiger partial charge in [-0.3, -0.25) is 4.79 Å². The molecule has 0 atom stereocenters. The van der Waals surface area contributed by atoms with Crippen LogP contribution in [0.2, 0.25) is 0 Å². The van der Waals surface area contributed by atoms with Gasteiger partial charge in [-0.15, -0.1) is 11.8 Å². The zero-order chi connectivity index (χ0) is 13.5. The average Bonchev–Trinajstić information content (AvgIpc) is 2.34. The van der Waals surface area contributed by atoms with Gasteiger partial charge in [0.1, 0.15) is 0 Å². The van der Waals surface area contributed by atoms with Crippen molar-refractivity contribution in [2.24, 2.45) is 5.73 Å². The number of hydrogen-bond acceptors (Lipinski definition) is 1. The van der Waals surface area contributed by atoms with Crippen LogP contribution >= 0.6 is 0 Å². The van der Waals surface area contributed by atoms with E-state index in [1.54, 1.807) is 0 Å². The minimum absolute atomic E-state index is 0.191. The molecule has 18 heavy (non-hydrogen) atoms. The molecule has 0 spiro atoms. The molecule has 0 aromatic heterocycles. The molecular formula is C16H29NO. The minimum atomic E-state index is -0.191. The van der Waals surface area contributed by atoms with Crippen molar-refractivity contribution in [3.8, 4) is 11.8 Å². The molecule has 2 nitrogen and oxygen atoms in total. The van der Waals surface area contributed by atoms with Gasteiger partial charge >= 0.3 is 0 Å². The second kappa shape index (κ2) is 14.1. The van der Waals surface area contributed by atoms with E-state index in [0.29, 0.717) is 6.42 Å². The van der Waals surface area contributed by atoms with Gasteiger partial charge in [-0.2, -0.15) is 0 Å². The summed E-state index contributed by atoms with van der Waals surface area (Å²) in [5.41, 5.74) is 5.06. The lowest BCUT2D eigenvalue weighted by atomic mass is 10.1. The third-order valence-electron chi connectivity index (χ3n) is 3.01. The molecule has 0 saturated carbocycles. The van der Waals surface area contributed by atoms with Gasteiger partial charge in [-0.25, -0.2) is 0 Å². The lowest BCUT2D eigenvalue weighted by molar-refractivity contribution is -0.118. The maximum Gasteiger partial charge on any atom is 0.217 e. The molecule has 0 saturated heterocycles. The number of nitrogens with two attached hydrogens (primary N) is 1. The second-order valence-electron chi connectivity index (χ2n) is 4.90. The highest BCUT2D eigenvalue weighted by Gasteiger charge is 1.93. The number of carbonyl (C=O) groups excluding carboxylic acids is 1. The van der Waals surface area contributed by atoms with Crippen LogP contribution in [0.15, 0.2) is 0 Å². The molecule has 0 aromatic rings. The van der Waals surface area contributed by atoms with E-state index in [-0.39, 0.29) is 5.91 Å². The van der Waals surface area contributed by atoms with E-state index in [0.717, 1.165) is 32.1 Å². The van der Waals surface area contributed by atoms with Crippen LogP contribution in [0, 0.1) is 11.8 Å². The molecule has 0 radical (unpaired) electrons. The molecule has 2 N–H and O–H groups in total. The second-order valence-corrected chi connectivity index (χ2v) is 4.90. The molecule has 0 aromatic carbocycles. The summed E-state index contributed by atoms with van der Waals surface area (Å²) in [6.07, 6.45) is 13.6. The van der Waals surface area contributed by atoms with Crippen LogP contribution < -0.4 is 5.73 Å². The van der Waals surface area contributed by atoms with Gasteiger partial charge in [0.05, 0.1) is 0 Å². The molecular weight excluding hydrogens is 222 g/mol. The summed E-state index contributed by atoms with van der Waals surface area (Å²) in [6.45, 7) is 2.24. The first-order valence-electron chi connectivity index (χ1n) is 7.51. The Morgan fingerprint density at radius 2 is 1.33 bits per heavy atom. The van der Waals surface area contributed by atoms with Crippen molar-refractivity contribution in [3.05, 3.63) is 0 Å². The van der Waals surface area contributed by atoms with Crippen LogP contribution in [-0.2, 0) is 4.79 Å². The number of primary amides is 1. The van der Waals surface area contributed by atoms with E-state index in [1.165, 1.54) is 38.5 Å². The van der Waals surface area contributed by atoms with Gasteiger partial charge in [0.25, 0.3) is 0 Å². The number of amides is 1. The maximum absolute atomic E-state index is 10.5. The first-order valence-corrected chi connectivity index (χ1v) is 7.51. The Kier molecular flexibility index (Phi) is 13.3. The Bertz CT molecular complexity index is 250. The molecule has 0 aliphatic carbocycles. The first kappa shape index (κ1) is 17.0. The minimum Gasteiger partial charge on any atom is -0.370 e. The molecule has 0 bridgehead atoms. The third kappa shape index (κ3) is 15.0. The number of unbranched alkanes of at least 4 members (excludes halogenated alkanes) is 9. The SMILES string of the molecule is CCCCCCCCC#CCCCCCC(N)=O. The Morgan fingerprint density at radius 3 is 1.89 bits per heavy atom. The molecule has 1 amide bonds. The fourth-order valence-electron chi connectivity index (χ4n) is 1.86. The molecule has 0 aliphatic rings. The lowest BCUT2D eigenvalue weighted by Gasteiger charge is -1.96. The Labute approximate surface area is 113 Å². The van der Waals surface area contributed by atoms with E-state index in [4.69, 9.17) is 5.73 Å². The Balaban J connectivity index is 3.12. The number of carbonyl (C=O) groups is 1. The molecule has 104 valence electrons. The lowest BCUT2D eigenvalue weighted by Crippen LogP contribution is -2.09. The van der Waals surface area contributed by atoms with E-state index in [2.05, 4.69) is 18.8 Å². The fourth-order valence-corrected chi connectivity index (χ4v) is 1.86. The molecule has 0 rings (SSSR count). The summed E-state index contributed by atoms with van der Waals surface area (Å²) in [7, 11) is 0. The molecule has 0 unspecified atom stereocenters. The van der Waals surface area contributed by atoms with Crippen molar-refractivity contribution in [1.29, 1.82) is 0 Å². The predicted molar refractivity (Wildman–Crippen MR) is 78.0 cm³/mol. The highest BCUT2D eigenvalue weighted by atomic mass is 16.1. The van der Waals surface area contributed by atoms with E-state index in [1.807, 2.05) is 0 Å². The first-order chi connectivity index (χ1) is 8.77. The van der Waals surface area contributed by atoms with Gasteiger partial charge < -0.3 is 5.73 Å². The van der Waals surface area contributed by atoms with Gasteiger partial charge in [0.15, 0.2) is 0 Å². The van der Waals surface area contributed by atoms with Gasteiger partial charge in [0.2, 0.25) is 5.91 Å². The fraction of sp³-hybridized carbons (Fsp3) is 0.812. The Morgan fingerprint density at radius 1 is 0.833 bits per heavy atom. The summed E-state index contributed by atoms with van der Waals surface area (Å²) in [5, 5.41) is 0.